The summed E-state index contributed by atoms with van der Waals surface area (Å²) in [6.07, 6.45) is 5.99. The fourth-order valence-corrected chi connectivity index (χ4v) is 7.73. The number of benzene rings is 2. The number of fused-ring (bicyclic) bond motifs is 2. The Kier molecular flexibility index (Phi) is 9.71. The number of ether oxygens (including phenoxy) is 2. The molecule has 5 heterocycles. The van der Waals surface area contributed by atoms with Crippen molar-refractivity contribution in [3.05, 3.63) is 65.5 Å². The van der Waals surface area contributed by atoms with Crippen LogP contribution in [0.5, 0.6) is 0 Å². The number of piperidine rings is 2. The molecule has 1 N–H and O–H groups in total. The molecule has 4 aliphatic heterocycles. The average molecular weight is 656 g/mol. The quantitative estimate of drug-likeness (QED) is 0.425. The van der Waals surface area contributed by atoms with E-state index in [0.717, 1.165) is 79.0 Å². The fourth-order valence-electron chi connectivity index (χ4n) is 7.73. The van der Waals surface area contributed by atoms with E-state index in [1.54, 1.807) is 17.3 Å². The van der Waals surface area contributed by atoms with Crippen molar-refractivity contribution < 1.29 is 23.9 Å². The lowest BCUT2D eigenvalue weighted by molar-refractivity contribution is -0.142. The van der Waals surface area contributed by atoms with Gasteiger partial charge in [-0.2, -0.15) is 0 Å². The predicted octanol–water partition coefficient (Wildman–Crippen LogP) is 3.86. The molecule has 254 valence electrons. The molecule has 7 rings (SSSR count). The van der Waals surface area contributed by atoms with Crippen LogP contribution in [0.15, 0.2) is 48.8 Å². The van der Waals surface area contributed by atoms with Crippen LogP contribution in [-0.2, 0) is 27.1 Å². The molecule has 12 heteroatoms. The number of para-hydroxylation sites is 1. The number of hydrogen-bond acceptors (Lipinski definition) is 8. The van der Waals surface area contributed by atoms with Crippen LogP contribution in [0.2, 0.25) is 0 Å². The molecule has 1 aromatic heterocycles. The summed E-state index contributed by atoms with van der Waals surface area (Å²) in [7, 11) is 0. The number of nitrogens with one attached hydrogen (secondary N) is 1. The lowest BCUT2D eigenvalue weighted by Gasteiger charge is -2.41. The highest BCUT2D eigenvalue weighted by molar-refractivity contribution is 5.91. The SMILES string of the molecule is Cc1cc(C[C@@H](OC(=O)N2CCC(N3CCc4ccccc4NC3=O)CC2)C(=O)N2CCC(N3CCOCC3)CC2)cc2nccnc12. The molecule has 2 aromatic carbocycles. The summed E-state index contributed by atoms with van der Waals surface area (Å²) in [5.41, 5.74) is 5.39. The minimum absolute atomic E-state index is 0.0234. The lowest BCUT2D eigenvalue weighted by atomic mass is 9.99. The first-order valence-corrected chi connectivity index (χ1v) is 17.3. The summed E-state index contributed by atoms with van der Waals surface area (Å²) in [5, 5.41) is 3.06. The van der Waals surface area contributed by atoms with E-state index in [1.807, 2.05) is 47.1 Å². The van der Waals surface area contributed by atoms with Crippen LogP contribution in [0.25, 0.3) is 11.0 Å². The molecule has 3 saturated heterocycles. The Labute approximate surface area is 281 Å². The van der Waals surface area contributed by atoms with Gasteiger partial charge in [0.15, 0.2) is 6.10 Å². The number of aryl methyl sites for hydroxylation is 1. The fraction of sp³-hybridized carbons (Fsp3) is 0.528. The topological polar surface area (TPSA) is 120 Å². The van der Waals surface area contributed by atoms with E-state index in [4.69, 9.17) is 9.47 Å². The maximum atomic E-state index is 14.1. The minimum Gasteiger partial charge on any atom is -0.436 e. The maximum absolute atomic E-state index is 14.1. The summed E-state index contributed by atoms with van der Waals surface area (Å²) >= 11 is 0. The van der Waals surface area contributed by atoms with Crippen LogP contribution < -0.4 is 5.32 Å². The van der Waals surface area contributed by atoms with Crippen LogP contribution >= 0.6 is 0 Å². The van der Waals surface area contributed by atoms with E-state index < -0.39 is 12.2 Å². The molecule has 4 aliphatic rings. The highest BCUT2D eigenvalue weighted by Crippen LogP contribution is 2.26. The van der Waals surface area contributed by atoms with Gasteiger partial charge < -0.3 is 29.5 Å². The molecule has 0 bridgehead atoms. The zero-order valence-electron chi connectivity index (χ0n) is 27.7. The number of nitrogens with zero attached hydrogens (tertiary/aromatic N) is 6. The van der Waals surface area contributed by atoms with Crippen molar-refractivity contribution in [2.45, 2.75) is 63.6 Å². The van der Waals surface area contributed by atoms with Crippen LogP contribution in [0, 0.1) is 6.92 Å². The van der Waals surface area contributed by atoms with E-state index in [9.17, 15) is 14.4 Å². The van der Waals surface area contributed by atoms with Gasteiger partial charge in [0.25, 0.3) is 5.91 Å². The number of likely N-dealkylation sites (tertiary alicyclic amines) is 2. The van der Waals surface area contributed by atoms with Crippen molar-refractivity contribution in [3.63, 3.8) is 0 Å². The lowest BCUT2D eigenvalue weighted by Crippen LogP contribution is -2.53. The van der Waals surface area contributed by atoms with Gasteiger partial charge in [-0.3, -0.25) is 19.7 Å². The van der Waals surface area contributed by atoms with E-state index in [-0.39, 0.29) is 24.4 Å². The molecule has 0 radical (unpaired) electrons. The first kappa shape index (κ1) is 32.3. The molecule has 4 amide bonds. The summed E-state index contributed by atoms with van der Waals surface area (Å²) in [6.45, 7) is 8.14. The molecule has 0 aliphatic carbocycles. The van der Waals surface area contributed by atoms with Crippen molar-refractivity contribution in [1.29, 1.82) is 0 Å². The number of aromatic nitrogens is 2. The zero-order valence-corrected chi connectivity index (χ0v) is 27.7. The molecule has 0 saturated carbocycles. The molecule has 3 fully saturated rings. The van der Waals surface area contributed by atoms with Crippen LogP contribution in [0.3, 0.4) is 0 Å². The number of urea groups is 1. The molecule has 3 aromatic rings. The monoisotopic (exact) mass is 655 g/mol. The van der Waals surface area contributed by atoms with Gasteiger partial charge in [0.05, 0.1) is 24.2 Å². The highest BCUT2D eigenvalue weighted by atomic mass is 16.6. The molecule has 48 heavy (non-hydrogen) atoms. The van der Waals surface area contributed by atoms with Gasteiger partial charge in [-0.05, 0) is 67.9 Å². The van der Waals surface area contributed by atoms with Crippen LogP contribution in [-0.4, -0.2) is 125 Å². The summed E-state index contributed by atoms with van der Waals surface area (Å²) in [4.78, 5) is 57.7. The summed E-state index contributed by atoms with van der Waals surface area (Å²) < 4.78 is 11.6. The summed E-state index contributed by atoms with van der Waals surface area (Å²) in [5.74, 6) is -0.156. The smallest absolute Gasteiger partial charge is 0.410 e. The largest absolute Gasteiger partial charge is 0.436 e. The second kappa shape index (κ2) is 14.4. The third-order valence-electron chi connectivity index (χ3n) is 10.4. The number of amides is 4. The standard InChI is InChI=1S/C36H45N7O5/c1-25-22-26(23-31-33(25)38-12-11-37-31)24-32(34(44)41-13-7-28(8-14-41)40-18-20-47-21-19-40)48-36(46)42-15-9-29(10-16-42)43-17-6-27-4-2-3-5-30(27)39-35(43)45/h2-5,11-12,22-23,28-29,32H,6-10,13-21,24H2,1H3,(H,39,45)/t32-/m1/s1. The average Bonchev–Trinajstić information content (AvgIpc) is 3.29. The van der Waals surface area contributed by atoms with Gasteiger partial charge in [0, 0.05) is 82.4 Å². The molecule has 0 unspecified atom stereocenters. The van der Waals surface area contributed by atoms with Crippen molar-refractivity contribution in [3.8, 4) is 0 Å². The zero-order chi connectivity index (χ0) is 33.0. The second-order valence-electron chi connectivity index (χ2n) is 13.4. The Morgan fingerprint density at radius 3 is 2.42 bits per heavy atom. The van der Waals surface area contributed by atoms with Gasteiger partial charge in [-0.1, -0.05) is 24.3 Å². The van der Waals surface area contributed by atoms with Gasteiger partial charge in [-0.25, -0.2) is 9.59 Å². The number of carbonyl (C=O) groups excluding carboxylic acids is 3. The Balaban J connectivity index is 1.01. The molecule has 12 nitrogen and oxygen atoms in total. The van der Waals surface area contributed by atoms with Gasteiger partial charge >= 0.3 is 12.1 Å². The van der Waals surface area contributed by atoms with Gasteiger partial charge in [0.1, 0.15) is 0 Å². The van der Waals surface area contributed by atoms with Crippen molar-refractivity contribution in [2.24, 2.45) is 0 Å². The number of hydrogen-bond donors (Lipinski definition) is 1. The first-order chi connectivity index (χ1) is 23.4. The van der Waals surface area contributed by atoms with Crippen molar-refractivity contribution in [1.82, 2.24) is 29.6 Å². The van der Waals surface area contributed by atoms with Gasteiger partial charge in [-0.15, -0.1) is 0 Å². The van der Waals surface area contributed by atoms with Crippen LogP contribution in [0.1, 0.15) is 42.4 Å². The minimum atomic E-state index is -0.960. The Morgan fingerprint density at radius 1 is 0.917 bits per heavy atom. The van der Waals surface area contributed by atoms with Gasteiger partial charge in [0.2, 0.25) is 0 Å². The van der Waals surface area contributed by atoms with Crippen molar-refractivity contribution in [2.75, 3.05) is 64.3 Å². The Morgan fingerprint density at radius 2 is 1.62 bits per heavy atom. The normalized spacial score (nSPS) is 20.6. The molecule has 1 atom stereocenters. The summed E-state index contributed by atoms with van der Waals surface area (Å²) in [6, 6.07) is 12.2. The number of carbonyl (C=O) groups is 3. The number of morpholine rings is 1. The van der Waals surface area contributed by atoms with Crippen LogP contribution in [0.4, 0.5) is 15.3 Å². The second-order valence-corrected chi connectivity index (χ2v) is 13.4. The molecular formula is C36H45N7O5. The van der Waals surface area contributed by atoms with E-state index in [1.165, 1.54) is 0 Å². The number of anilines is 1. The van der Waals surface area contributed by atoms with Crippen molar-refractivity contribution >= 4 is 34.8 Å². The predicted molar refractivity (Wildman–Crippen MR) is 181 cm³/mol. The Hall–Kier alpha value is -4.29. The first-order valence-electron chi connectivity index (χ1n) is 17.3. The third kappa shape index (κ3) is 7.09. The van der Waals surface area contributed by atoms with E-state index in [2.05, 4.69) is 26.3 Å². The highest BCUT2D eigenvalue weighted by Gasteiger charge is 2.36. The third-order valence-corrected chi connectivity index (χ3v) is 10.4. The van der Waals surface area contributed by atoms with E-state index in [0.29, 0.717) is 51.6 Å². The molecular weight excluding hydrogens is 610 g/mol. The molecule has 0 spiro atoms. The number of rotatable bonds is 6. The Bertz CT molecular complexity index is 1630. The maximum Gasteiger partial charge on any atom is 0.410 e. The van der Waals surface area contributed by atoms with E-state index >= 15 is 0 Å².